The molecule has 2 N–H and O–H groups in total. The lowest BCUT2D eigenvalue weighted by molar-refractivity contribution is -0.326. The molecular formula is C10H17NO4. The molecule has 1 rings (SSSR count). The fourth-order valence-electron chi connectivity index (χ4n) is 1.64. The number of rotatable bonds is 2. The quantitative estimate of drug-likeness (QED) is 0.528. The normalized spacial score (nSPS) is 33.3. The van der Waals surface area contributed by atoms with Crippen LogP contribution in [0.2, 0.25) is 0 Å². The van der Waals surface area contributed by atoms with Crippen molar-refractivity contribution in [2.45, 2.75) is 39.1 Å². The van der Waals surface area contributed by atoms with E-state index in [0.717, 1.165) is 0 Å². The van der Waals surface area contributed by atoms with E-state index in [2.05, 4.69) is 0 Å². The van der Waals surface area contributed by atoms with Gasteiger partial charge in [0.15, 0.2) is 12.1 Å². The van der Waals surface area contributed by atoms with E-state index in [-0.39, 0.29) is 6.61 Å². The number of primary amides is 1. The molecule has 0 spiro atoms. The van der Waals surface area contributed by atoms with Gasteiger partial charge in [-0.3, -0.25) is 9.59 Å². The van der Waals surface area contributed by atoms with Gasteiger partial charge in [-0.1, -0.05) is 13.8 Å². The summed E-state index contributed by atoms with van der Waals surface area (Å²) in [6.07, 6.45) is 0.472. The molecule has 0 bridgehead atoms. The van der Waals surface area contributed by atoms with E-state index >= 15 is 0 Å². The van der Waals surface area contributed by atoms with Crippen molar-refractivity contribution in [3.63, 3.8) is 0 Å². The molecule has 1 unspecified atom stereocenters. The van der Waals surface area contributed by atoms with Crippen LogP contribution in [0, 0.1) is 5.41 Å². The van der Waals surface area contributed by atoms with Crippen LogP contribution in [0.5, 0.6) is 0 Å². The number of hydrogen-bond donors (Lipinski definition) is 1. The second kappa shape index (κ2) is 3.28. The Morgan fingerprint density at radius 3 is 2.20 bits per heavy atom. The number of ether oxygens (including phenoxy) is 2. The van der Waals surface area contributed by atoms with Crippen molar-refractivity contribution >= 4 is 12.2 Å². The van der Waals surface area contributed by atoms with Crippen LogP contribution in [0.25, 0.3) is 0 Å². The highest BCUT2D eigenvalue weighted by molar-refractivity contribution is 6.00. The van der Waals surface area contributed by atoms with Crippen molar-refractivity contribution < 1.29 is 19.1 Å². The Morgan fingerprint density at radius 2 is 1.87 bits per heavy atom. The van der Waals surface area contributed by atoms with Crippen LogP contribution in [0.4, 0.5) is 0 Å². The Kier molecular flexibility index (Phi) is 2.65. The molecule has 0 aromatic heterocycles. The Morgan fingerprint density at radius 1 is 1.33 bits per heavy atom. The van der Waals surface area contributed by atoms with Gasteiger partial charge >= 0.3 is 0 Å². The van der Waals surface area contributed by atoms with Crippen molar-refractivity contribution in [1.82, 2.24) is 0 Å². The third-order valence-electron chi connectivity index (χ3n) is 2.72. The van der Waals surface area contributed by atoms with E-state index in [9.17, 15) is 9.59 Å². The van der Waals surface area contributed by atoms with Crippen LogP contribution in [0.1, 0.15) is 27.7 Å². The summed E-state index contributed by atoms with van der Waals surface area (Å²) in [5.74, 6) is -1.76. The van der Waals surface area contributed by atoms with Crippen LogP contribution >= 0.6 is 0 Å². The van der Waals surface area contributed by atoms with Gasteiger partial charge in [0.1, 0.15) is 0 Å². The summed E-state index contributed by atoms with van der Waals surface area (Å²) in [5, 5.41) is 0. The maximum Gasteiger partial charge on any atom is 0.257 e. The molecule has 1 saturated heterocycles. The van der Waals surface area contributed by atoms with E-state index in [1.54, 1.807) is 27.7 Å². The van der Waals surface area contributed by atoms with Gasteiger partial charge in [0.25, 0.3) is 5.91 Å². The number of carbonyl (C=O) groups is 2. The number of nitrogens with two attached hydrogens (primary N) is 1. The van der Waals surface area contributed by atoms with Crippen molar-refractivity contribution in [2.24, 2.45) is 11.1 Å². The molecule has 1 atom stereocenters. The third kappa shape index (κ3) is 1.77. The van der Waals surface area contributed by atoms with E-state index in [1.807, 2.05) is 0 Å². The van der Waals surface area contributed by atoms with E-state index in [4.69, 9.17) is 15.2 Å². The van der Waals surface area contributed by atoms with Crippen LogP contribution < -0.4 is 5.73 Å². The van der Waals surface area contributed by atoms with Crippen molar-refractivity contribution in [3.05, 3.63) is 0 Å². The number of amides is 1. The second-order valence-corrected chi connectivity index (χ2v) is 4.89. The molecule has 1 heterocycles. The van der Waals surface area contributed by atoms with E-state index in [1.165, 1.54) is 0 Å². The fraction of sp³-hybridized carbons (Fsp3) is 0.800. The molecule has 1 fully saturated rings. The first-order valence-electron chi connectivity index (χ1n) is 4.77. The zero-order valence-electron chi connectivity index (χ0n) is 9.49. The molecule has 0 aliphatic carbocycles. The molecule has 5 heteroatoms. The first-order chi connectivity index (χ1) is 6.67. The minimum Gasteiger partial charge on any atom is -0.367 e. The van der Waals surface area contributed by atoms with Crippen LogP contribution in [-0.2, 0) is 19.1 Å². The van der Waals surface area contributed by atoms with Gasteiger partial charge in [0, 0.05) is 5.41 Å². The lowest BCUT2D eigenvalue weighted by Crippen LogP contribution is -2.66. The van der Waals surface area contributed by atoms with Gasteiger partial charge in [-0.25, -0.2) is 0 Å². The summed E-state index contributed by atoms with van der Waals surface area (Å²) in [7, 11) is 0. The summed E-state index contributed by atoms with van der Waals surface area (Å²) < 4.78 is 10.8. The van der Waals surface area contributed by atoms with Gasteiger partial charge in [0.05, 0.1) is 6.61 Å². The zero-order valence-corrected chi connectivity index (χ0v) is 9.49. The predicted octanol–water partition coefficient (Wildman–Crippen LogP) is 0.219. The topological polar surface area (TPSA) is 78.6 Å². The Labute approximate surface area is 88.9 Å². The smallest absolute Gasteiger partial charge is 0.257 e. The minimum absolute atomic E-state index is 0.238. The van der Waals surface area contributed by atoms with E-state index < -0.39 is 22.7 Å². The highest BCUT2D eigenvalue weighted by atomic mass is 16.7. The van der Waals surface area contributed by atoms with Gasteiger partial charge in [-0.05, 0) is 13.8 Å². The van der Waals surface area contributed by atoms with Crippen molar-refractivity contribution in [1.29, 1.82) is 0 Å². The van der Waals surface area contributed by atoms with Crippen molar-refractivity contribution in [3.8, 4) is 0 Å². The molecule has 0 radical (unpaired) electrons. The summed E-state index contributed by atoms with van der Waals surface area (Å²) in [5.41, 5.74) is 2.87. The lowest BCUT2D eigenvalue weighted by atomic mass is 9.74. The zero-order chi connectivity index (χ0) is 11.9. The molecule has 15 heavy (non-hydrogen) atoms. The minimum atomic E-state index is -1.62. The predicted molar refractivity (Wildman–Crippen MR) is 52.9 cm³/mol. The first-order valence-corrected chi connectivity index (χ1v) is 4.77. The summed E-state index contributed by atoms with van der Waals surface area (Å²) >= 11 is 0. The molecule has 0 aromatic rings. The molecule has 86 valence electrons. The molecule has 0 aromatic carbocycles. The maximum atomic E-state index is 11.4. The first kappa shape index (κ1) is 12.1. The Bertz CT molecular complexity index is 298. The molecule has 1 aliphatic heterocycles. The highest BCUT2D eigenvalue weighted by Crippen LogP contribution is 2.41. The maximum absolute atomic E-state index is 11.4. The largest absolute Gasteiger partial charge is 0.367 e. The fourth-order valence-corrected chi connectivity index (χ4v) is 1.64. The summed E-state index contributed by atoms with van der Waals surface area (Å²) in [6, 6.07) is 0. The molecule has 1 aliphatic rings. The van der Waals surface area contributed by atoms with Gasteiger partial charge in [-0.15, -0.1) is 0 Å². The summed E-state index contributed by atoms with van der Waals surface area (Å²) in [4.78, 5) is 22.6. The van der Waals surface area contributed by atoms with Gasteiger partial charge < -0.3 is 15.2 Å². The Balaban J connectivity index is 3.19. The molecule has 1 amide bonds. The van der Waals surface area contributed by atoms with Gasteiger partial charge in [-0.2, -0.15) is 0 Å². The number of carbonyl (C=O) groups excluding carboxylic acids is 2. The average molecular weight is 215 g/mol. The highest BCUT2D eigenvalue weighted by Gasteiger charge is 2.58. The SMILES string of the molecule is CC1(C)OCC(C)(C)C(C=O)(C(N)=O)O1. The third-order valence-corrected chi connectivity index (χ3v) is 2.72. The van der Waals surface area contributed by atoms with Crippen LogP contribution in [0.15, 0.2) is 0 Å². The molecular weight excluding hydrogens is 198 g/mol. The average Bonchev–Trinajstić information content (AvgIpc) is 2.09. The van der Waals surface area contributed by atoms with E-state index in [0.29, 0.717) is 6.29 Å². The number of aldehydes is 1. The standard InChI is InChI=1S/C10H17NO4/c1-8(2)6-14-9(3,4)15-10(8,5-12)7(11)13/h5H,6H2,1-4H3,(H2,11,13). The van der Waals surface area contributed by atoms with Crippen molar-refractivity contribution in [2.75, 3.05) is 6.61 Å². The molecule has 0 saturated carbocycles. The van der Waals surface area contributed by atoms with Crippen LogP contribution in [-0.4, -0.2) is 30.2 Å². The lowest BCUT2D eigenvalue weighted by Gasteiger charge is -2.49. The monoisotopic (exact) mass is 215 g/mol. The molecule has 5 nitrogen and oxygen atoms in total. The number of hydrogen-bond acceptors (Lipinski definition) is 4. The summed E-state index contributed by atoms with van der Waals surface area (Å²) in [6.45, 7) is 6.94. The Hall–Kier alpha value is -0.940. The van der Waals surface area contributed by atoms with Gasteiger partial charge in [0.2, 0.25) is 5.60 Å². The second-order valence-electron chi connectivity index (χ2n) is 4.89. The van der Waals surface area contributed by atoms with Crippen LogP contribution in [0.3, 0.4) is 0 Å².